The van der Waals surface area contributed by atoms with Gasteiger partial charge >= 0.3 is 12.1 Å². The standard InChI is InChI=1S/C22H19FN6OS.C18H11FN4O2S.C9H18N2O2/c23-15-2-1-3-16(11-15)27-22-26-13-14-10-17(20-25-6-9-31-20)18(12-19(14)28-22)21(30)29-7-4-24-5-8-29;19-11-2-1-3-12(7-11)22-18-21-9-10-6-13(16-20-4-5-26-16)14(17(24)25)8-15(10)23-18;1-9(2,3)13-8(12)11-6-4-10-5-7-11/h1-3,6,9-13,24H,4-5,7-8H2,(H,26,27,28);1-9H,(H,24,25)(H,21,22,23);10H,4-7H2,1-3H3. The molecule has 0 spiro atoms. The highest BCUT2D eigenvalue weighted by atomic mass is 32.1. The van der Waals surface area contributed by atoms with Crippen LogP contribution in [0.5, 0.6) is 0 Å². The first kappa shape index (κ1) is 48.9. The predicted octanol–water partition coefficient (Wildman–Crippen LogP) is 8.84. The second kappa shape index (κ2) is 22.2. The number of hydrogen-bond acceptors (Lipinski definition) is 16. The molecule has 0 bridgehead atoms. The van der Waals surface area contributed by atoms with Crippen LogP contribution in [0.3, 0.4) is 0 Å². The summed E-state index contributed by atoms with van der Waals surface area (Å²) < 4.78 is 32.0. The number of anilines is 4. The van der Waals surface area contributed by atoms with Crippen molar-refractivity contribution in [3.05, 3.63) is 131 Å². The Morgan fingerprint density at radius 2 is 1.13 bits per heavy atom. The summed E-state index contributed by atoms with van der Waals surface area (Å²) >= 11 is 2.85. The molecule has 2 fully saturated rings. The van der Waals surface area contributed by atoms with Gasteiger partial charge in [-0.1, -0.05) is 12.1 Å². The SMILES string of the molecule is CC(C)(C)OC(=O)N1CCNCC1.O=C(O)c1cc2nc(Nc3cccc(F)c3)ncc2cc1-c1nccs1.O=C(c1cc2nc(Nc3cccc(F)c3)ncc2cc1-c1nccs1)N1CCNCC1. The Morgan fingerprint density at radius 1 is 0.657 bits per heavy atom. The molecule has 4 aromatic carbocycles. The van der Waals surface area contributed by atoms with Gasteiger partial charge in [0, 0.05) is 121 Å². The highest BCUT2D eigenvalue weighted by Crippen LogP contribution is 2.32. The Hall–Kier alpha value is -7.59. The van der Waals surface area contributed by atoms with E-state index >= 15 is 0 Å². The minimum absolute atomic E-state index is 0.0353. The molecule has 0 radical (unpaired) electrons. The number of nitrogens with zero attached hydrogens (tertiary/aromatic N) is 8. The summed E-state index contributed by atoms with van der Waals surface area (Å²) in [6.07, 6.45) is 6.44. The van der Waals surface area contributed by atoms with Crippen LogP contribution in [0.4, 0.5) is 36.8 Å². The lowest BCUT2D eigenvalue weighted by atomic mass is 10.0. The van der Waals surface area contributed by atoms with E-state index < -0.39 is 5.97 Å². The summed E-state index contributed by atoms with van der Waals surface area (Å²) in [7, 11) is 0. The Bertz CT molecular complexity index is 3110. The topological polar surface area (TPSA) is 213 Å². The molecule has 6 heterocycles. The second-order valence-electron chi connectivity index (χ2n) is 16.8. The summed E-state index contributed by atoms with van der Waals surface area (Å²) in [5, 5.41) is 28.5. The molecule has 5 N–H and O–H groups in total. The van der Waals surface area contributed by atoms with Crippen molar-refractivity contribution in [1.29, 1.82) is 0 Å². The zero-order valence-corrected chi connectivity index (χ0v) is 39.9. The molecule has 2 amide bonds. The molecule has 2 aliphatic heterocycles. The van der Waals surface area contributed by atoms with E-state index in [0.717, 1.165) is 55.2 Å². The van der Waals surface area contributed by atoms with E-state index in [4.69, 9.17) is 4.74 Å². The van der Waals surface area contributed by atoms with Crippen molar-refractivity contribution < 1.29 is 33.0 Å². The predicted molar refractivity (Wildman–Crippen MR) is 267 cm³/mol. The van der Waals surface area contributed by atoms with Gasteiger partial charge in [0.15, 0.2) is 0 Å². The van der Waals surface area contributed by atoms with Crippen molar-refractivity contribution in [3.63, 3.8) is 0 Å². The van der Waals surface area contributed by atoms with Crippen LogP contribution in [0.25, 0.3) is 42.9 Å². The number of hydrogen-bond donors (Lipinski definition) is 5. The molecular formula is C49H48F2N12O5S2. The third-order valence-corrected chi connectivity index (χ3v) is 12.2. The molecule has 70 heavy (non-hydrogen) atoms. The number of thiazole rings is 2. The summed E-state index contributed by atoms with van der Waals surface area (Å²) in [5.74, 6) is -1.23. The molecule has 4 aromatic heterocycles. The third kappa shape index (κ3) is 12.7. The number of carboxylic acids is 1. The lowest BCUT2D eigenvalue weighted by Crippen LogP contribution is -2.48. The largest absolute Gasteiger partial charge is 0.478 e. The van der Waals surface area contributed by atoms with E-state index in [1.54, 1.807) is 71.5 Å². The number of nitrogens with one attached hydrogen (secondary N) is 4. The molecule has 2 aliphatic rings. The number of fused-ring (bicyclic) bond motifs is 2. The molecular weight excluding hydrogens is 939 g/mol. The van der Waals surface area contributed by atoms with E-state index in [1.165, 1.54) is 53.0 Å². The minimum Gasteiger partial charge on any atom is -0.478 e. The van der Waals surface area contributed by atoms with Crippen LogP contribution in [-0.4, -0.2) is 121 Å². The smallest absolute Gasteiger partial charge is 0.410 e. The summed E-state index contributed by atoms with van der Waals surface area (Å²) in [6.45, 7) is 11.7. The number of halogens is 2. The van der Waals surface area contributed by atoms with Gasteiger partial charge in [-0.05, 0) is 81.4 Å². The van der Waals surface area contributed by atoms with E-state index in [2.05, 4.69) is 51.2 Å². The zero-order valence-electron chi connectivity index (χ0n) is 38.3. The molecule has 0 atom stereocenters. The maximum atomic E-state index is 13.5. The van der Waals surface area contributed by atoms with Crippen LogP contribution in [0.1, 0.15) is 41.5 Å². The van der Waals surface area contributed by atoms with Crippen LogP contribution >= 0.6 is 22.7 Å². The molecule has 21 heteroatoms. The Kier molecular flexibility index (Phi) is 15.5. The van der Waals surface area contributed by atoms with Gasteiger partial charge in [-0.3, -0.25) is 4.79 Å². The van der Waals surface area contributed by atoms with Gasteiger partial charge in [0.1, 0.15) is 27.3 Å². The molecule has 2 saturated heterocycles. The van der Waals surface area contributed by atoms with Crippen molar-refractivity contribution in [3.8, 4) is 21.1 Å². The number of ether oxygens (including phenoxy) is 1. The monoisotopic (exact) mass is 986 g/mol. The number of aromatic carboxylic acids is 1. The van der Waals surface area contributed by atoms with Crippen molar-refractivity contribution in [2.24, 2.45) is 0 Å². The Morgan fingerprint density at radius 3 is 1.57 bits per heavy atom. The molecule has 0 saturated carbocycles. The Balaban J connectivity index is 0.000000153. The maximum absolute atomic E-state index is 13.5. The van der Waals surface area contributed by atoms with Crippen molar-refractivity contribution >= 4 is 85.7 Å². The zero-order chi connectivity index (χ0) is 49.2. The van der Waals surface area contributed by atoms with E-state index in [0.29, 0.717) is 63.0 Å². The average Bonchev–Trinajstić information content (AvgIpc) is 4.10. The van der Waals surface area contributed by atoms with Gasteiger partial charge in [-0.15, -0.1) is 22.7 Å². The normalized spacial score (nSPS) is 13.7. The highest BCUT2D eigenvalue weighted by molar-refractivity contribution is 7.13. The van der Waals surface area contributed by atoms with Crippen LogP contribution in [0, 0.1) is 11.6 Å². The minimum atomic E-state index is -1.06. The number of carbonyl (C=O) groups is 3. The second-order valence-corrected chi connectivity index (χ2v) is 18.6. The first-order valence-corrected chi connectivity index (χ1v) is 23.9. The number of benzene rings is 4. The number of amides is 2. The maximum Gasteiger partial charge on any atom is 0.410 e. The molecule has 10 rings (SSSR count). The number of aromatic nitrogens is 6. The lowest BCUT2D eigenvalue weighted by molar-refractivity contribution is 0.0228. The lowest BCUT2D eigenvalue weighted by Gasteiger charge is -2.30. The number of rotatable bonds is 8. The molecule has 0 unspecified atom stereocenters. The first-order valence-electron chi connectivity index (χ1n) is 22.1. The number of piperazine rings is 2. The third-order valence-electron chi connectivity index (χ3n) is 10.6. The van der Waals surface area contributed by atoms with Gasteiger partial charge in [-0.25, -0.2) is 48.3 Å². The Labute approximate surface area is 409 Å². The van der Waals surface area contributed by atoms with Crippen molar-refractivity contribution in [1.82, 2.24) is 50.3 Å². The molecule has 17 nitrogen and oxygen atoms in total. The van der Waals surface area contributed by atoms with Gasteiger partial charge < -0.3 is 40.9 Å². The van der Waals surface area contributed by atoms with Gasteiger partial charge in [0.2, 0.25) is 11.9 Å². The summed E-state index contributed by atoms with van der Waals surface area (Å²) in [6, 6.07) is 18.9. The van der Waals surface area contributed by atoms with Gasteiger partial charge in [0.05, 0.1) is 22.2 Å². The molecule has 8 aromatic rings. The fourth-order valence-electron chi connectivity index (χ4n) is 7.30. The highest BCUT2D eigenvalue weighted by Gasteiger charge is 2.25. The van der Waals surface area contributed by atoms with E-state index in [1.807, 2.05) is 37.1 Å². The van der Waals surface area contributed by atoms with Crippen LogP contribution in [0.15, 0.2) is 108 Å². The summed E-state index contributed by atoms with van der Waals surface area (Å²) in [5.41, 5.74) is 3.75. The number of carbonyl (C=O) groups excluding carboxylic acids is 2. The van der Waals surface area contributed by atoms with Gasteiger partial charge in [-0.2, -0.15) is 0 Å². The quantitative estimate of drug-likeness (QED) is 0.0962. The van der Waals surface area contributed by atoms with Gasteiger partial charge in [0.25, 0.3) is 5.91 Å². The fourth-order valence-corrected chi connectivity index (χ4v) is 8.64. The van der Waals surface area contributed by atoms with Crippen LogP contribution in [-0.2, 0) is 4.74 Å². The van der Waals surface area contributed by atoms with Crippen LogP contribution in [0.2, 0.25) is 0 Å². The summed E-state index contributed by atoms with van der Waals surface area (Å²) in [4.78, 5) is 66.1. The first-order chi connectivity index (χ1) is 33.8. The number of carboxylic acid groups (broad SMARTS) is 1. The van der Waals surface area contributed by atoms with E-state index in [-0.39, 0.29) is 40.7 Å². The average molecular weight is 987 g/mol. The van der Waals surface area contributed by atoms with Crippen molar-refractivity contribution in [2.45, 2.75) is 26.4 Å². The molecule has 360 valence electrons. The van der Waals surface area contributed by atoms with Crippen molar-refractivity contribution in [2.75, 3.05) is 63.0 Å². The fraction of sp³-hybridized carbons (Fsp3) is 0.245. The van der Waals surface area contributed by atoms with E-state index in [9.17, 15) is 28.3 Å². The molecule has 0 aliphatic carbocycles. The van der Waals surface area contributed by atoms with Crippen LogP contribution < -0.4 is 21.3 Å².